The Labute approximate surface area is 107 Å². The van der Waals surface area contributed by atoms with Crippen molar-refractivity contribution in [2.45, 2.75) is 12.5 Å². The average Bonchev–Trinajstić information content (AvgIpc) is 2.45. The third-order valence-corrected chi connectivity index (χ3v) is 3.64. The molecule has 1 aromatic carbocycles. The molecule has 0 radical (unpaired) electrons. The minimum absolute atomic E-state index is 0.426. The third kappa shape index (κ3) is 1.67. The molecule has 0 aromatic heterocycles. The van der Waals surface area contributed by atoms with Crippen LogP contribution in [0.3, 0.4) is 0 Å². The van der Waals surface area contributed by atoms with E-state index >= 15 is 0 Å². The molecule has 0 fully saturated rings. The van der Waals surface area contributed by atoms with Gasteiger partial charge in [-0.1, -0.05) is 12.2 Å². The van der Waals surface area contributed by atoms with Gasteiger partial charge >= 0.3 is 0 Å². The van der Waals surface area contributed by atoms with Gasteiger partial charge in [-0.05, 0) is 35.8 Å². The van der Waals surface area contributed by atoms with Gasteiger partial charge in [0.25, 0.3) is 0 Å². The monoisotopic (exact) mass is 243 g/mol. The molecule has 0 aliphatic carbocycles. The Morgan fingerprint density at radius 1 is 1.11 bits per heavy atom. The van der Waals surface area contributed by atoms with E-state index in [0.717, 1.165) is 24.5 Å². The Kier molecular flexibility index (Phi) is 2.74. The van der Waals surface area contributed by atoms with E-state index in [4.69, 9.17) is 9.47 Å². The highest BCUT2D eigenvalue weighted by Gasteiger charge is 2.25. The summed E-state index contributed by atoms with van der Waals surface area (Å²) in [7, 11) is 3.36. The maximum atomic E-state index is 5.40. The topological polar surface area (TPSA) is 21.7 Å². The normalized spacial score (nSPS) is 20.3. The number of hydrogen-bond acceptors (Lipinski definition) is 3. The first kappa shape index (κ1) is 11.2. The van der Waals surface area contributed by atoms with E-state index in [-0.39, 0.29) is 0 Å². The lowest BCUT2D eigenvalue weighted by Gasteiger charge is -2.36. The molecule has 3 rings (SSSR count). The van der Waals surface area contributed by atoms with Crippen molar-refractivity contribution in [3.8, 4) is 11.5 Å². The molecule has 1 atom stereocenters. The van der Waals surface area contributed by atoms with Crippen LogP contribution < -0.4 is 9.47 Å². The molecule has 3 nitrogen and oxygen atoms in total. The molecule has 3 heteroatoms. The second-order valence-corrected chi connectivity index (χ2v) is 4.57. The molecule has 0 saturated heterocycles. The number of rotatable bonds is 2. The van der Waals surface area contributed by atoms with Gasteiger partial charge < -0.3 is 14.4 Å². The SMILES string of the molecule is COc1cc2c(cc1OC)C1CC=CCN1C=C2. The molecule has 2 aliphatic heterocycles. The molecule has 2 aliphatic rings. The number of nitrogens with zero attached hydrogens (tertiary/aromatic N) is 1. The van der Waals surface area contributed by atoms with E-state index in [0.29, 0.717) is 6.04 Å². The summed E-state index contributed by atoms with van der Waals surface area (Å²) in [6.45, 7) is 0.981. The summed E-state index contributed by atoms with van der Waals surface area (Å²) >= 11 is 0. The van der Waals surface area contributed by atoms with E-state index < -0.39 is 0 Å². The van der Waals surface area contributed by atoms with Gasteiger partial charge in [0.1, 0.15) is 0 Å². The zero-order valence-corrected chi connectivity index (χ0v) is 10.7. The van der Waals surface area contributed by atoms with Crippen molar-refractivity contribution < 1.29 is 9.47 Å². The Hall–Kier alpha value is -1.90. The summed E-state index contributed by atoms with van der Waals surface area (Å²) in [5, 5.41) is 0. The fourth-order valence-corrected chi connectivity index (χ4v) is 2.67. The molecule has 94 valence electrons. The summed E-state index contributed by atoms with van der Waals surface area (Å²) in [4.78, 5) is 2.36. The smallest absolute Gasteiger partial charge is 0.161 e. The molecule has 0 saturated carbocycles. The number of benzene rings is 1. The van der Waals surface area contributed by atoms with Crippen molar-refractivity contribution >= 4 is 6.08 Å². The Balaban J connectivity index is 2.09. The van der Waals surface area contributed by atoms with Crippen molar-refractivity contribution in [2.75, 3.05) is 20.8 Å². The van der Waals surface area contributed by atoms with Gasteiger partial charge in [0.15, 0.2) is 11.5 Å². The average molecular weight is 243 g/mol. The summed E-state index contributed by atoms with van der Waals surface area (Å²) in [6.07, 6.45) is 9.83. The lowest BCUT2D eigenvalue weighted by Crippen LogP contribution is -2.28. The molecule has 18 heavy (non-hydrogen) atoms. The first-order valence-electron chi connectivity index (χ1n) is 6.18. The minimum atomic E-state index is 0.426. The summed E-state index contributed by atoms with van der Waals surface area (Å²) in [6, 6.07) is 4.59. The summed E-state index contributed by atoms with van der Waals surface area (Å²) in [5.41, 5.74) is 2.55. The van der Waals surface area contributed by atoms with Gasteiger partial charge in [-0.25, -0.2) is 0 Å². The van der Waals surface area contributed by atoms with Gasteiger partial charge in [0, 0.05) is 12.7 Å². The largest absolute Gasteiger partial charge is 0.493 e. The van der Waals surface area contributed by atoms with Crippen LogP contribution in [0.15, 0.2) is 30.5 Å². The van der Waals surface area contributed by atoms with E-state index in [1.807, 2.05) is 0 Å². The van der Waals surface area contributed by atoms with Crippen LogP contribution >= 0.6 is 0 Å². The van der Waals surface area contributed by atoms with E-state index in [2.05, 4.69) is 41.5 Å². The van der Waals surface area contributed by atoms with Crippen molar-refractivity contribution in [3.63, 3.8) is 0 Å². The third-order valence-electron chi connectivity index (χ3n) is 3.64. The van der Waals surface area contributed by atoms with Crippen LogP contribution in [0, 0.1) is 0 Å². The number of methoxy groups -OCH3 is 2. The van der Waals surface area contributed by atoms with E-state index in [1.54, 1.807) is 14.2 Å². The number of hydrogen-bond donors (Lipinski definition) is 0. The van der Waals surface area contributed by atoms with Crippen LogP contribution in [0.1, 0.15) is 23.6 Å². The second kappa shape index (κ2) is 4.41. The highest BCUT2D eigenvalue weighted by molar-refractivity contribution is 5.63. The van der Waals surface area contributed by atoms with Crippen molar-refractivity contribution in [1.29, 1.82) is 0 Å². The van der Waals surface area contributed by atoms with Crippen LogP contribution in [-0.2, 0) is 0 Å². The fraction of sp³-hybridized carbons (Fsp3) is 0.333. The predicted molar refractivity (Wildman–Crippen MR) is 71.8 cm³/mol. The molecular formula is C15H17NO2. The van der Waals surface area contributed by atoms with Crippen molar-refractivity contribution in [1.82, 2.24) is 4.90 Å². The summed E-state index contributed by atoms with van der Waals surface area (Å²) < 4.78 is 10.7. The Bertz CT molecular complexity index is 519. The zero-order valence-electron chi connectivity index (χ0n) is 10.7. The predicted octanol–water partition coefficient (Wildman–Crippen LogP) is 2.99. The number of fused-ring (bicyclic) bond motifs is 3. The maximum Gasteiger partial charge on any atom is 0.161 e. The highest BCUT2D eigenvalue weighted by atomic mass is 16.5. The van der Waals surface area contributed by atoms with Crippen LogP contribution in [0.25, 0.3) is 6.08 Å². The maximum absolute atomic E-state index is 5.40. The van der Waals surface area contributed by atoms with Crippen molar-refractivity contribution in [2.24, 2.45) is 0 Å². The van der Waals surface area contributed by atoms with Crippen LogP contribution in [0.2, 0.25) is 0 Å². The molecule has 0 N–H and O–H groups in total. The molecule has 0 amide bonds. The zero-order chi connectivity index (χ0) is 12.5. The first-order valence-corrected chi connectivity index (χ1v) is 6.18. The molecule has 2 heterocycles. The molecule has 0 spiro atoms. The van der Waals surface area contributed by atoms with Crippen LogP contribution in [0.4, 0.5) is 0 Å². The summed E-state index contributed by atoms with van der Waals surface area (Å²) in [5.74, 6) is 1.60. The van der Waals surface area contributed by atoms with Crippen LogP contribution in [0.5, 0.6) is 11.5 Å². The fourth-order valence-electron chi connectivity index (χ4n) is 2.67. The van der Waals surface area contributed by atoms with Gasteiger partial charge in [0.05, 0.1) is 20.3 Å². The molecule has 1 unspecified atom stereocenters. The standard InChI is InChI=1S/C15H17NO2/c1-17-14-9-11-6-8-16-7-4-3-5-13(16)12(11)10-15(14)18-2/h3-4,6,8-10,13H,5,7H2,1-2H3. The van der Waals surface area contributed by atoms with E-state index in [9.17, 15) is 0 Å². The van der Waals surface area contributed by atoms with Gasteiger partial charge in [-0.15, -0.1) is 0 Å². The number of ether oxygens (including phenoxy) is 2. The van der Waals surface area contributed by atoms with E-state index in [1.165, 1.54) is 11.1 Å². The Morgan fingerprint density at radius 2 is 1.89 bits per heavy atom. The molecule has 0 bridgehead atoms. The van der Waals surface area contributed by atoms with Gasteiger partial charge in [-0.3, -0.25) is 0 Å². The highest BCUT2D eigenvalue weighted by Crippen LogP contribution is 2.40. The second-order valence-electron chi connectivity index (χ2n) is 4.57. The quantitative estimate of drug-likeness (QED) is 0.745. The minimum Gasteiger partial charge on any atom is -0.493 e. The Morgan fingerprint density at radius 3 is 2.67 bits per heavy atom. The lowest BCUT2D eigenvalue weighted by atomic mass is 9.91. The van der Waals surface area contributed by atoms with Crippen LogP contribution in [-0.4, -0.2) is 25.7 Å². The molecular weight excluding hydrogens is 226 g/mol. The van der Waals surface area contributed by atoms with Gasteiger partial charge in [0.2, 0.25) is 0 Å². The molecule has 1 aromatic rings. The first-order chi connectivity index (χ1) is 8.83. The lowest BCUT2D eigenvalue weighted by molar-refractivity contribution is 0.291. The van der Waals surface area contributed by atoms with Gasteiger partial charge in [-0.2, -0.15) is 0 Å². The van der Waals surface area contributed by atoms with Crippen molar-refractivity contribution in [3.05, 3.63) is 41.6 Å².